The molecule has 140 valence electrons. The second-order valence-electron chi connectivity index (χ2n) is 6.23. The maximum absolute atomic E-state index is 12.5. The van der Waals surface area contributed by atoms with Crippen LogP contribution in [0.3, 0.4) is 0 Å². The maximum atomic E-state index is 12.5. The summed E-state index contributed by atoms with van der Waals surface area (Å²) in [7, 11) is -3.53. The highest BCUT2D eigenvalue weighted by molar-refractivity contribution is 7.90. The number of nitrogens with zero attached hydrogens (tertiary/aromatic N) is 1. The number of benzene rings is 2. The molecule has 0 aliphatic heterocycles. The largest absolute Gasteiger partial charge is 0.298 e. The average molecular weight is 421 g/mol. The quantitative estimate of drug-likeness (QED) is 0.661. The van der Waals surface area contributed by atoms with Crippen molar-refractivity contribution in [2.24, 2.45) is 0 Å². The number of rotatable bonds is 4. The molecular formula is C19H17ClN2O3S2. The molecule has 0 radical (unpaired) electrons. The molecular weight excluding hydrogens is 404 g/mol. The lowest BCUT2D eigenvalue weighted by Crippen LogP contribution is -2.12. The lowest BCUT2D eigenvalue weighted by molar-refractivity contribution is 0.102. The van der Waals surface area contributed by atoms with Gasteiger partial charge in [-0.15, -0.1) is 11.3 Å². The summed E-state index contributed by atoms with van der Waals surface area (Å²) in [6, 6.07) is 10.2. The van der Waals surface area contributed by atoms with E-state index in [0.717, 1.165) is 23.1 Å². The minimum atomic E-state index is -3.53. The molecule has 1 amide bonds. The van der Waals surface area contributed by atoms with Crippen LogP contribution < -0.4 is 5.32 Å². The van der Waals surface area contributed by atoms with Gasteiger partial charge in [0.1, 0.15) is 0 Å². The van der Waals surface area contributed by atoms with E-state index < -0.39 is 15.7 Å². The molecule has 0 aliphatic rings. The molecule has 0 aliphatic carbocycles. The number of nitrogens with one attached hydrogen (secondary N) is 1. The Balaban J connectivity index is 1.85. The number of amides is 1. The molecule has 3 rings (SSSR count). The summed E-state index contributed by atoms with van der Waals surface area (Å²) in [6.07, 6.45) is 1.05. The smallest absolute Gasteiger partial charge is 0.257 e. The lowest BCUT2D eigenvalue weighted by atomic mass is 10.0. The normalized spacial score (nSPS) is 11.4. The molecule has 3 aromatic rings. The van der Waals surface area contributed by atoms with Crippen molar-refractivity contribution < 1.29 is 13.2 Å². The molecule has 8 heteroatoms. The third kappa shape index (κ3) is 4.37. The Kier molecular flexibility index (Phi) is 5.37. The minimum Gasteiger partial charge on any atom is -0.298 e. The van der Waals surface area contributed by atoms with Crippen LogP contribution >= 0.6 is 22.9 Å². The maximum Gasteiger partial charge on any atom is 0.257 e. The number of thiazole rings is 1. The van der Waals surface area contributed by atoms with Crippen LogP contribution in [-0.2, 0) is 9.84 Å². The summed E-state index contributed by atoms with van der Waals surface area (Å²) in [5, 5.41) is 5.10. The predicted octanol–water partition coefficient (Wildman–Crippen LogP) is 4.74. The standard InChI is InChI=1S/C19H17ClN2O3S2/c1-11-4-6-14(12(2)8-11)16-10-26-19(21-16)22-18(23)13-5-7-15(20)17(9-13)27(3,24)25/h4-10H,1-3H3,(H,21,22,23). The topological polar surface area (TPSA) is 76.1 Å². The van der Waals surface area contributed by atoms with Crippen molar-refractivity contribution in [3.63, 3.8) is 0 Å². The van der Waals surface area contributed by atoms with E-state index in [1.54, 1.807) is 0 Å². The fourth-order valence-electron chi connectivity index (χ4n) is 2.65. The van der Waals surface area contributed by atoms with E-state index in [1.165, 1.54) is 35.1 Å². The minimum absolute atomic E-state index is 0.0769. The summed E-state index contributed by atoms with van der Waals surface area (Å²) in [5.41, 5.74) is 4.25. The van der Waals surface area contributed by atoms with Crippen LogP contribution in [0.5, 0.6) is 0 Å². The van der Waals surface area contributed by atoms with Crippen molar-refractivity contribution in [1.29, 1.82) is 0 Å². The van der Waals surface area contributed by atoms with Gasteiger partial charge in [-0.2, -0.15) is 0 Å². The Hall–Kier alpha value is -2.22. The Bertz CT molecular complexity index is 1140. The number of carbonyl (C=O) groups excluding carboxylic acids is 1. The number of aryl methyl sites for hydroxylation is 2. The van der Waals surface area contributed by atoms with Crippen LogP contribution in [0.4, 0.5) is 5.13 Å². The first-order valence-corrected chi connectivity index (χ1v) is 11.1. The van der Waals surface area contributed by atoms with Crippen LogP contribution in [0.25, 0.3) is 11.3 Å². The molecule has 0 bridgehead atoms. The number of aromatic nitrogens is 1. The number of hydrogen-bond donors (Lipinski definition) is 1. The first kappa shape index (κ1) is 19.5. The zero-order valence-electron chi connectivity index (χ0n) is 14.9. The number of anilines is 1. The van der Waals surface area contributed by atoms with E-state index in [2.05, 4.69) is 16.4 Å². The summed E-state index contributed by atoms with van der Waals surface area (Å²) in [5.74, 6) is -0.446. The van der Waals surface area contributed by atoms with Gasteiger partial charge in [0.15, 0.2) is 15.0 Å². The number of hydrogen-bond acceptors (Lipinski definition) is 5. The Morgan fingerprint density at radius 3 is 2.56 bits per heavy atom. The van der Waals surface area contributed by atoms with Crippen molar-refractivity contribution in [2.45, 2.75) is 18.7 Å². The van der Waals surface area contributed by atoms with Crippen molar-refractivity contribution in [3.8, 4) is 11.3 Å². The van der Waals surface area contributed by atoms with Crippen LogP contribution in [0, 0.1) is 13.8 Å². The summed E-state index contributed by atoms with van der Waals surface area (Å²) in [6.45, 7) is 4.04. The molecule has 0 unspecified atom stereocenters. The number of sulfone groups is 1. The fourth-order valence-corrected chi connectivity index (χ4v) is 4.66. The molecule has 1 aromatic heterocycles. The molecule has 1 N–H and O–H groups in total. The van der Waals surface area contributed by atoms with Crippen molar-refractivity contribution >= 4 is 43.8 Å². The Morgan fingerprint density at radius 1 is 1.15 bits per heavy atom. The first-order chi connectivity index (χ1) is 12.6. The van der Waals surface area contributed by atoms with Crippen LogP contribution in [0.15, 0.2) is 46.7 Å². The van der Waals surface area contributed by atoms with Gasteiger partial charge in [0.2, 0.25) is 0 Å². The Morgan fingerprint density at radius 2 is 1.89 bits per heavy atom. The molecule has 0 spiro atoms. The SMILES string of the molecule is Cc1ccc(-c2csc(NC(=O)c3ccc(Cl)c(S(C)(=O)=O)c3)n2)c(C)c1. The lowest BCUT2D eigenvalue weighted by Gasteiger charge is -2.06. The average Bonchev–Trinajstić information content (AvgIpc) is 3.02. The summed E-state index contributed by atoms with van der Waals surface area (Å²) in [4.78, 5) is 16.9. The van der Waals surface area contributed by atoms with Gasteiger partial charge in [-0.3, -0.25) is 10.1 Å². The third-order valence-electron chi connectivity index (χ3n) is 3.98. The van der Waals surface area contributed by atoms with Gasteiger partial charge in [-0.25, -0.2) is 13.4 Å². The zero-order chi connectivity index (χ0) is 19.8. The van der Waals surface area contributed by atoms with Crippen molar-refractivity contribution in [3.05, 3.63) is 63.5 Å². The molecule has 27 heavy (non-hydrogen) atoms. The van der Waals surface area contributed by atoms with Crippen LogP contribution in [0.1, 0.15) is 21.5 Å². The fraction of sp³-hybridized carbons (Fsp3) is 0.158. The van der Waals surface area contributed by atoms with E-state index >= 15 is 0 Å². The van der Waals surface area contributed by atoms with E-state index in [0.29, 0.717) is 5.13 Å². The van der Waals surface area contributed by atoms with Gasteiger partial charge in [0.05, 0.1) is 15.6 Å². The molecule has 1 heterocycles. The Labute approximate surface area is 167 Å². The predicted molar refractivity (Wildman–Crippen MR) is 110 cm³/mol. The molecule has 0 atom stereocenters. The van der Waals surface area contributed by atoms with Crippen molar-refractivity contribution in [2.75, 3.05) is 11.6 Å². The van der Waals surface area contributed by atoms with Gasteiger partial charge >= 0.3 is 0 Å². The number of halogens is 1. The van der Waals surface area contributed by atoms with Crippen LogP contribution in [0.2, 0.25) is 5.02 Å². The highest BCUT2D eigenvalue weighted by Crippen LogP contribution is 2.29. The molecule has 2 aromatic carbocycles. The van der Waals surface area contributed by atoms with Gasteiger partial charge < -0.3 is 0 Å². The second-order valence-corrected chi connectivity index (χ2v) is 9.48. The van der Waals surface area contributed by atoms with E-state index in [4.69, 9.17) is 11.6 Å². The zero-order valence-corrected chi connectivity index (χ0v) is 17.3. The highest BCUT2D eigenvalue weighted by atomic mass is 35.5. The van der Waals surface area contributed by atoms with E-state index in [1.807, 2.05) is 31.4 Å². The highest BCUT2D eigenvalue weighted by Gasteiger charge is 2.17. The third-order valence-corrected chi connectivity index (χ3v) is 6.31. The first-order valence-electron chi connectivity index (χ1n) is 7.99. The van der Waals surface area contributed by atoms with Gasteiger partial charge in [0, 0.05) is 22.8 Å². The summed E-state index contributed by atoms with van der Waals surface area (Å²) < 4.78 is 23.6. The van der Waals surface area contributed by atoms with Crippen molar-refractivity contribution in [1.82, 2.24) is 4.98 Å². The molecule has 0 fully saturated rings. The number of carbonyl (C=O) groups is 1. The monoisotopic (exact) mass is 420 g/mol. The molecule has 0 saturated carbocycles. The van der Waals surface area contributed by atoms with Gasteiger partial charge in [-0.05, 0) is 37.6 Å². The van der Waals surface area contributed by atoms with Crippen LogP contribution in [-0.4, -0.2) is 25.6 Å². The van der Waals surface area contributed by atoms with E-state index in [9.17, 15) is 13.2 Å². The van der Waals surface area contributed by atoms with E-state index in [-0.39, 0.29) is 15.5 Å². The molecule has 0 saturated heterocycles. The second kappa shape index (κ2) is 7.42. The van der Waals surface area contributed by atoms with Gasteiger partial charge in [0.25, 0.3) is 5.91 Å². The summed E-state index contributed by atoms with van der Waals surface area (Å²) >= 11 is 7.23. The molecule has 5 nitrogen and oxygen atoms in total. The van der Waals surface area contributed by atoms with Gasteiger partial charge in [-0.1, -0.05) is 35.4 Å².